The smallest absolute Gasteiger partial charge is 0.0972 e. The van der Waals surface area contributed by atoms with E-state index >= 15 is 0 Å². The van der Waals surface area contributed by atoms with Crippen molar-refractivity contribution in [2.24, 2.45) is 0 Å². The SMILES string of the molecule is c1ccc(-c2c3ccccc3c(-c3ccc4ccc5cccnc5c4n3)c3ccc(-n4c(-c5ccccc5)ccc4-c4ccccc4)cc23)cc1. The van der Waals surface area contributed by atoms with Gasteiger partial charge in [-0.05, 0) is 80.2 Å². The molecule has 0 spiro atoms. The summed E-state index contributed by atoms with van der Waals surface area (Å²) in [5, 5.41) is 6.87. The molecule has 10 rings (SSSR count). The average molecular weight is 650 g/mol. The monoisotopic (exact) mass is 649 g/mol. The van der Waals surface area contributed by atoms with Crippen molar-refractivity contribution in [3.63, 3.8) is 0 Å². The summed E-state index contributed by atoms with van der Waals surface area (Å²) in [6, 6.07) is 65.0. The predicted octanol–water partition coefficient (Wildman–Crippen LogP) is 12.5. The van der Waals surface area contributed by atoms with Gasteiger partial charge in [0.15, 0.2) is 0 Å². The third-order valence-corrected chi connectivity index (χ3v) is 10.0. The predicted molar refractivity (Wildman–Crippen MR) is 213 cm³/mol. The van der Waals surface area contributed by atoms with Crippen LogP contribution < -0.4 is 0 Å². The maximum Gasteiger partial charge on any atom is 0.0972 e. The maximum atomic E-state index is 5.39. The van der Waals surface area contributed by atoms with Gasteiger partial charge in [0, 0.05) is 28.2 Å². The summed E-state index contributed by atoms with van der Waals surface area (Å²) >= 11 is 0. The van der Waals surface area contributed by atoms with E-state index in [-0.39, 0.29) is 0 Å². The van der Waals surface area contributed by atoms with E-state index in [1.165, 1.54) is 38.4 Å². The zero-order valence-electron chi connectivity index (χ0n) is 27.7. The molecule has 238 valence electrons. The maximum absolute atomic E-state index is 5.39. The highest BCUT2D eigenvalue weighted by atomic mass is 15.0. The Bertz CT molecular complexity index is 2830. The lowest BCUT2D eigenvalue weighted by Gasteiger charge is -2.20. The Morgan fingerprint density at radius 1 is 0.373 bits per heavy atom. The average Bonchev–Trinajstić information content (AvgIpc) is 3.66. The van der Waals surface area contributed by atoms with Gasteiger partial charge in [0.2, 0.25) is 0 Å². The second-order valence-electron chi connectivity index (χ2n) is 13.0. The van der Waals surface area contributed by atoms with Crippen molar-refractivity contribution in [3.05, 3.63) is 188 Å². The second kappa shape index (κ2) is 11.9. The Labute approximate surface area is 295 Å². The highest BCUT2D eigenvalue weighted by Gasteiger charge is 2.20. The molecule has 0 fully saturated rings. The third-order valence-electron chi connectivity index (χ3n) is 10.0. The molecule has 0 N–H and O–H groups in total. The van der Waals surface area contributed by atoms with E-state index in [0.29, 0.717) is 0 Å². The second-order valence-corrected chi connectivity index (χ2v) is 13.0. The zero-order chi connectivity index (χ0) is 33.7. The van der Waals surface area contributed by atoms with Crippen LogP contribution in [0, 0.1) is 0 Å². The highest BCUT2D eigenvalue weighted by Crippen LogP contribution is 2.45. The van der Waals surface area contributed by atoms with Crippen molar-refractivity contribution < 1.29 is 0 Å². The topological polar surface area (TPSA) is 30.7 Å². The first-order valence-corrected chi connectivity index (χ1v) is 17.3. The molecule has 0 amide bonds. The molecule has 0 aliphatic carbocycles. The van der Waals surface area contributed by atoms with Crippen LogP contribution >= 0.6 is 0 Å². The third kappa shape index (κ3) is 4.82. The van der Waals surface area contributed by atoms with E-state index in [2.05, 4.69) is 180 Å². The molecular weight excluding hydrogens is 619 g/mol. The van der Waals surface area contributed by atoms with Crippen LogP contribution in [0.4, 0.5) is 0 Å². The van der Waals surface area contributed by atoms with Crippen LogP contribution in [0.15, 0.2) is 188 Å². The number of rotatable bonds is 5. The van der Waals surface area contributed by atoms with Crippen molar-refractivity contribution >= 4 is 43.4 Å². The van der Waals surface area contributed by atoms with Gasteiger partial charge >= 0.3 is 0 Å². The minimum Gasteiger partial charge on any atom is -0.309 e. The van der Waals surface area contributed by atoms with Crippen LogP contribution in [0.1, 0.15) is 0 Å². The molecular formula is C48H31N3. The molecule has 0 radical (unpaired) electrons. The van der Waals surface area contributed by atoms with Gasteiger partial charge in [-0.15, -0.1) is 0 Å². The van der Waals surface area contributed by atoms with Crippen LogP contribution in [0.2, 0.25) is 0 Å². The fourth-order valence-corrected chi connectivity index (χ4v) is 7.74. The number of hydrogen-bond acceptors (Lipinski definition) is 2. The van der Waals surface area contributed by atoms with E-state index in [1.54, 1.807) is 0 Å². The lowest BCUT2D eigenvalue weighted by molar-refractivity contribution is 1.10. The van der Waals surface area contributed by atoms with Crippen molar-refractivity contribution in [1.29, 1.82) is 0 Å². The van der Waals surface area contributed by atoms with Crippen LogP contribution in [-0.4, -0.2) is 14.5 Å². The minimum absolute atomic E-state index is 0.916. The highest BCUT2D eigenvalue weighted by molar-refractivity contribution is 6.21. The molecule has 0 unspecified atom stereocenters. The fraction of sp³-hybridized carbons (Fsp3) is 0. The zero-order valence-corrected chi connectivity index (χ0v) is 27.7. The van der Waals surface area contributed by atoms with Crippen molar-refractivity contribution in [3.8, 4) is 50.6 Å². The number of benzene rings is 7. The van der Waals surface area contributed by atoms with Gasteiger partial charge in [-0.2, -0.15) is 0 Å². The first-order chi connectivity index (χ1) is 25.3. The Balaban J connectivity index is 1.31. The lowest BCUT2D eigenvalue weighted by atomic mass is 9.87. The van der Waals surface area contributed by atoms with Gasteiger partial charge < -0.3 is 4.57 Å². The fourth-order valence-electron chi connectivity index (χ4n) is 7.74. The summed E-state index contributed by atoms with van der Waals surface area (Å²) in [7, 11) is 0. The minimum atomic E-state index is 0.916. The van der Waals surface area contributed by atoms with Crippen LogP contribution in [-0.2, 0) is 0 Å². The summed E-state index contributed by atoms with van der Waals surface area (Å²) in [6.45, 7) is 0. The van der Waals surface area contributed by atoms with Crippen molar-refractivity contribution in [2.75, 3.05) is 0 Å². The Hall–Kier alpha value is -6.84. The van der Waals surface area contributed by atoms with Crippen LogP contribution in [0.3, 0.4) is 0 Å². The van der Waals surface area contributed by atoms with E-state index in [0.717, 1.165) is 55.5 Å². The summed E-state index contributed by atoms with van der Waals surface area (Å²) in [5.41, 5.74) is 12.0. The lowest BCUT2D eigenvalue weighted by Crippen LogP contribution is -2.00. The van der Waals surface area contributed by atoms with Gasteiger partial charge in [-0.25, -0.2) is 4.98 Å². The van der Waals surface area contributed by atoms with Gasteiger partial charge in [0.05, 0.1) is 28.1 Å². The molecule has 3 heteroatoms. The van der Waals surface area contributed by atoms with E-state index in [4.69, 9.17) is 9.97 Å². The Morgan fingerprint density at radius 2 is 0.922 bits per heavy atom. The van der Waals surface area contributed by atoms with Crippen LogP contribution in [0.25, 0.3) is 93.9 Å². The molecule has 51 heavy (non-hydrogen) atoms. The van der Waals surface area contributed by atoms with Gasteiger partial charge in [-0.1, -0.05) is 146 Å². The van der Waals surface area contributed by atoms with Crippen molar-refractivity contribution in [2.45, 2.75) is 0 Å². The molecule has 0 aliphatic heterocycles. The first-order valence-electron chi connectivity index (χ1n) is 17.3. The molecule has 0 atom stereocenters. The normalized spacial score (nSPS) is 11.5. The molecule has 0 saturated carbocycles. The summed E-state index contributed by atoms with van der Waals surface area (Å²) in [4.78, 5) is 10.2. The standard InChI is InChI=1S/C48H31N3/c1-4-13-32(14-5-1)43-28-29-44(33-15-6-2-7-16-33)51(43)37-25-26-40-41(31-37)45(34-17-8-3-9-18-34)38-20-10-11-21-39(38)46(40)42-27-24-36-23-22-35-19-12-30-49-47(35)48(36)50-42/h1-31H. The van der Waals surface area contributed by atoms with E-state index in [9.17, 15) is 0 Å². The molecule has 0 saturated heterocycles. The van der Waals surface area contributed by atoms with Gasteiger partial charge in [-0.3, -0.25) is 4.98 Å². The first kappa shape index (κ1) is 29.1. The van der Waals surface area contributed by atoms with E-state index < -0.39 is 0 Å². The quantitative estimate of drug-likeness (QED) is 0.137. The largest absolute Gasteiger partial charge is 0.309 e. The Morgan fingerprint density at radius 3 is 1.59 bits per heavy atom. The summed E-state index contributed by atoms with van der Waals surface area (Å²) in [6.07, 6.45) is 1.85. The summed E-state index contributed by atoms with van der Waals surface area (Å²) in [5.74, 6) is 0. The molecule has 3 nitrogen and oxygen atoms in total. The summed E-state index contributed by atoms with van der Waals surface area (Å²) < 4.78 is 2.40. The molecule has 10 aromatic rings. The Kier molecular flexibility index (Phi) is 6.81. The van der Waals surface area contributed by atoms with E-state index in [1.807, 2.05) is 12.3 Å². The van der Waals surface area contributed by atoms with Crippen molar-refractivity contribution in [1.82, 2.24) is 14.5 Å². The molecule has 0 aliphatic rings. The molecule has 0 bridgehead atoms. The molecule has 3 aromatic heterocycles. The number of hydrogen-bond donors (Lipinski definition) is 0. The number of fused-ring (bicyclic) bond motifs is 5. The van der Waals surface area contributed by atoms with Crippen LogP contribution in [0.5, 0.6) is 0 Å². The number of aromatic nitrogens is 3. The number of nitrogens with zero attached hydrogens (tertiary/aromatic N) is 3. The molecule has 7 aromatic carbocycles. The molecule has 3 heterocycles. The van der Waals surface area contributed by atoms with Gasteiger partial charge in [0.25, 0.3) is 0 Å². The number of pyridine rings is 2. The van der Waals surface area contributed by atoms with Gasteiger partial charge in [0.1, 0.15) is 0 Å².